The number of azide groups is 1. The molecule has 2 N–H and O–H groups in total. The highest BCUT2D eigenvalue weighted by atomic mass is 31.2. The summed E-state index contributed by atoms with van der Waals surface area (Å²) in [7, 11) is -4.07. The van der Waals surface area contributed by atoms with E-state index < -0.39 is 37.4 Å². The Morgan fingerprint density at radius 3 is 2.61 bits per heavy atom. The van der Waals surface area contributed by atoms with Crippen molar-refractivity contribution in [3.63, 3.8) is 0 Å². The molecule has 0 saturated carbocycles. The number of unbranched alkanes of at least 4 members (excludes halogenated alkanes) is 2. The number of H-pyrrole nitrogens is 1. The Balaban J connectivity index is 2.14. The van der Waals surface area contributed by atoms with Crippen molar-refractivity contribution in [3.8, 4) is 0 Å². The van der Waals surface area contributed by atoms with Crippen LogP contribution in [0.25, 0.3) is 10.4 Å². The minimum Gasteiger partial charge on any atom is -0.352 e. The molecule has 0 aliphatic carbocycles. The standard InChI is InChI=1S/C18H31N6O6P/c1-4-6-8-23(9-7-5-2)31(27,28)29-12-15-14(21-22-19)10-16(30-15)24-11-13(3)17(25)20-18(24)26/h11,14-16H,4-10,12H2,1-3H3,(H,27,28)(H,20,25,26)/t14-,15+,16+/m0/s1. The van der Waals surface area contributed by atoms with Crippen molar-refractivity contribution < 1.29 is 18.7 Å². The van der Waals surface area contributed by atoms with E-state index in [9.17, 15) is 19.0 Å². The largest absolute Gasteiger partial charge is 0.405 e. The Bertz CT molecular complexity index is 934. The van der Waals surface area contributed by atoms with Gasteiger partial charge < -0.3 is 9.63 Å². The maximum Gasteiger partial charge on any atom is 0.405 e. The lowest BCUT2D eigenvalue weighted by molar-refractivity contribution is -0.0260. The van der Waals surface area contributed by atoms with Crippen LogP contribution in [0, 0.1) is 6.92 Å². The predicted molar refractivity (Wildman–Crippen MR) is 115 cm³/mol. The van der Waals surface area contributed by atoms with Crippen LogP contribution in [0.5, 0.6) is 0 Å². The van der Waals surface area contributed by atoms with Crippen LogP contribution in [0.2, 0.25) is 0 Å². The van der Waals surface area contributed by atoms with Gasteiger partial charge in [0.05, 0.1) is 18.8 Å². The first-order chi connectivity index (χ1) is 14.7. The highest BCUT2D eigenvalue weighted by molar-refractivity contribution is 7.50. The number of hydrogen-bond donors (Lipinski definition) is 2. The summed E-state index contributed by atoms with van der Waals surface area (Å²) in [5.41, 5.74) is 8.06. The quantitative estimate of drug-likeness (QED) is 0.210. The number of rotatable bonds is 12. The van der Waals surface area contributed by atoms with E-state index in [0.29, 0.717) is 18.7 Å². The molecule has 0 spiro atoms. The Labute approximate surface area is 180 Å². The lowest BCUT2D eigenvalue weighted by Gasteiger charge is -2.27. The van der Waals surface area contributed by atoms with Gasteiger partial charge in [-0.1, -0.05) is 31.8 Å². The molecule has 0 aromatic carbocycles. The van der Waals surface area contributed by atoms with E-state index in [1.165, 1.54) is 15.4 Å². The number of ether oxygens (including phenoxy) is 1. The molecule has 0 amide bonds. The Kier molecular flexibility index (Phi) is 9.49. The molecule has 1 aliphatic rings. The van der Waals surface area contributed by atoms with Crippen LogP contribution in [-0.4, -0.2) is 51.0 Å². The molecule has 2 rings (SSSR count). The molecule has 1 aromatic heterocycles. The van der Waals surface area contributed by atoms with Crippen LogP contribution in [-0.2, 0) is 13.8 Å². The maximum atomic E-state index is 12.8. The molecule has 1 saturated heterocycles. The molecule has 0 radical (unpaired) electrons. The minimum absolute atomic E-state index is 0.161. The molecule has 4 atom stereocenters. The Morgan fingerprint density at radius 1 is 1.39 bits per heavy atom. The van der Waals surface area contributed by atoms with Crippen molar-refractivity contribution in [2.24, 2.45) is 5.11 Å². The maximum absolute atomic E-state index is 12.8. The highest BCUT2D eigenvalue weighted by Crippen LogP contribution is 2.47. The van der Waals surface area contributed by atoms with Crippen LogP contribution >= 0.6 is 7.75 Å². The molecule has 12 nitrogen and oxygen atoms in total. The third-order valence-electron chi connectivity index (χ3n) is 5.16. The van der Waals surface area contributed by atoms with Crippen molar-refractivity contribution >= 4 is 7.75 Å². The molecular formula is C18H31N6O6P. The van der Waals surface area contributed by atoms with E-state index in [1.807, 2.05) is 13.8 Å². The second-order valence-electron chi connectivity index (χ2n) is 7.56. The number of aromatic amines is 1. The second-order valence-corrected chi connectivity index (χ2v) is 9.37. The number of nitrogens with one attached hydrogen (secondary N) is 1. The van der Waals surface area contributed by atoms with Gasteiger partial charge in [0.15, 0.2) is 0 Å². The molecule has 2 heterocycles. The van der Waals surface area contributed by atoms with Crippen molar-refractivity contribution in [1.82, 2.24) is 14.2 Å². The van der Waals surface area contributed by atoms with Gasteiger partial charge in [-0.05, 0) is 25.3 Å². The molecule has 0 bridgehead atoms. The minimum atomic E-state index is -4.07. The molecular weight excluding hydrogens is 427 g/mol. The van der Waals surface area contributed by atoms with Gasteiger partial charge in [-0.15, -0.1) is 0 Å². The third kappa shape index (κ3) is 6.77. The van der Waals surface area contributed by atoms with Gasteiger partial charge in [-0.2, -0.15) is 0 Å². The zero-order valence-corrected chi connectivity index (χ0v) is 19.0. The SMILES string of the molecule is CCCCN(CCCC)P(=O)(O)OC[C@H]1O[C@@H](n2cc(C)c(=O)[nH]c2=O)C[C@@H]1N=[N+]=[N-]. The average molecular weight is 458 g/mol. The number of aryl methyl sites for hydroxylation is 1. The van der Waals surface area contributed by atoms with E-state index in [-0.39, 0.29) is 13.0 Å². The predicted octanol–water partition coefficient (Wildman–Crippen LogP) is 2.83. The highest BCUT2D eigenvalue weighted by Gasteiger charge is 2.39. The van der Waals surface area contributed by atoms with Crippen LogP contribution in [0.1, 0.15) is 57.7 Å². The number of hydrogen-bond acceptors (Lipinski definition) is 6. The normalized spacial score (nSPS) is 22.9. The summed E-state index contributed by atoms with van der Waals surface area (Å²) in [5.74, 6) is 0. The van der Waals surface area contributed by atoms with E-state index in [2.05, 4.69) is 15.0 Å². The summed E-state index contributed by atoms with van der Waals surface area (Å²) in [6, 6.07) is -0.700. The Morgan fingerprint density at radius 2 is 2.03 bits per heavy atom. The fourth-order valence-electron chi connectivity index (χ4n) is 3.32. The van der Waals surface area contributed by atoms with Gasteiger partial charge in [0.25, 0.3) is 5.56 Å². The first-order valence-electron chi connectivity index (χ1n) is 10.5. The van der Waals surface area contributed by atoms with E-state index in [0.717, 1.165) is 25.7 Å². The van der Waals surface area contributed by atoms with Crippen LogP contribution < -0.4 is 11.2 Å². The lowest BCUT2D eigenvalue weighted by atomic mass is 10.1. The van der Waals surface area contributed by atoms with Gasteiger partial charge in [0, 0.05) is 36.2 Å². The number of aromatic nitrogens is 2. The van der Waals surface area contributed by atoms with Gasteiger partial charge in [-0.25, -0.2) is 14.0 Å². The lowest BCUT2D eigenvalue weighted by Crippen LogP contribution is -2.33. The first kappa shape index (κ1) is 25.3. The fourth-order valence-corrected chi connectivity index (χ4v) is 4.61. The van der Waals surface area contributed by atoms with Crippen LogP contribution in [0.15, 0.2) is 20.9 Å². The number of nitrogens with zero attached hydrogens (tertiary/aromatic N) is 5. The van der Waals surface area contributed by atoms with Gasteiger partial charge >= 0.3 is 13.4 Å². The molecule has 174 valence electrons. The second kappa shape index (κ2) is 11.6. The van der Waals surface area contributed by atoms with Crippen molar-refractivity contribution in [1.29, 1.82) is 0 Å². The topological polar surface area (TPSA) is 163 Å². The van der Waals surface area contributed by atoms with Crippen molar-refractivity contribution in [2.45, 2.75) is 71.2 Å². The molecule has 1 aromatic rings. The summed E-state index contributed by atoms with van der Waals surface area (Å²) in [6.07, 6.45) is 3.18. The molecule has 1 fully saturated rings. The summed E-state index contributed by atoms with van der Waals surface area (Å²) in [4.78, 5) is 39.3. The zero-order valence-electron chi connectivity index (χ0n) is 18.1. The van der Waals surface area contributed by atoms with Crippen LogP contribution in [0.3, 0.4) is 0 Å². The van der Waals surface area contributed by atoms with Crippen molar-refractivity contribution in [3.05, 3.63) is 43.0 Å². The van der Waals surface area contributed by atoms with Crippen molar-refractivity contribution in [2.75, 3.05) is 19.7 Å². The van der Waals surface area contributed by atoms with E-state index >= 15 is 0 Å². The third-order valence-corrected chi connectivity index (χ3v) is 6.76. The van der Waals surface area contributed by atoms with Gasteiger partial charge in [0.1, 0.15) is 6.23 Å². The smallest absolute Gasteiger partial charge is 0.352 e. The van der Waals surface area contributed by atoms with E-state index in [4.69, 9.17) is 14.8 Å². The van der Waals surface area contributed by atoms with E-state index in [1.54, 1.807) is 6.92 Å². The summed E-state index contributed by atoms with van der Waals surface area (Å²) >= 11 is 0. The summed E-state index contributed by atoms with van der Waals surface area (Å²) in [6.45, 7) is 6.14. The molecule has 1 aliphatic heterocycles. The molecule has 31 heavy (non-hydrogen) atoms. The Hall–Kier alpha value is -1.94. The van der Waals surface area contributed by atoms with Gasteiger partial charge in [0.2, 0.25) is 0 Å². The first-order valence-corrected chi connectivity index (χ1v) is 12.0. The molecule has 1 unspecified atom stereocenters. The van der Waals surface area contributed by atoms with Gasteiger partial charge in [-0.3, -0.25) is 18.9 Å². The summed E-state index contributed by atoms with van der Waals surface area (Å²) < 4.78 is 26.7. The average Bonchev–Trinajstić information content (AvgIpc) is 3.12. The zero-order chi connectivity index (χ0) is 23.0. The summed E-state index contributed by atoms with van der Waals surface area (Å²) in [5, 5.41) is 3.70. The fraction of sp³-hybridized carbons (Fsp3) is 0.778. The molecule has 13 heteroatoms. The monoisotopic (exact) mass is 458 g/mol. The van der Waals surface area contributed by atoms with Crippen LogP contribution in [0.4, 0.5) is 0 Å².